The number of para-hydroxylation sites is 2. The van der Waals surface area contributed by atoms with Gasteiger partial charge in [0, 0.05) is 16.2 Å². The average molecular weight is 360 g/mol. The van der Waals surface area contributed by atoms with E-state index in [2.05, 4.69) is 69.0 Å². The van der Waals surface area contributed by atoms with Crippen molar-refractivity contribution in [3.63, 3.8) is 0 Å². The fourth-order valence-electron chi connectivity index (χ4n) is 4.58. The zero-order chi connectivity index (χ0) is 19.0. The molecule has 6 aromatic rings. The van der Waals surface area contributed by atoms with Gasteiger partial charge in [-0.25, -0.2) is 9.97 Å². The summed E-state index contributed by atoms with van der Waals surface area (Å²) in [5.41, 5.74) is 5.58. The van der Waals surface area contributed by atoms with Crippen LogP contribution in [0.2, 0.25) is 0 Å². The Bertz CT molecular complexity index is 1600. The van der Waals surface area contributed by atoms with Crippen LogP contribution in [0.5, 0.6) is 0 Å². The topological polar surface area (TPSA) is 54.0 Å². The van der Waals surface area contributed by atoms with Gasteiger partial charge in [-0.3, -0.25) is 0 Å². The van der Waals surface area contributed by atoms with Crippen molar-refractivity contribution in [1.82, 2.24) is 14.4 Å². The molecule has 0 saturated heterocycles. The van der Waals surface area contributed by atoms with Crippen LogP contribution in [-0.2, 0) is 5.41 Å². The molecular weight excluding hydrogens is 344 g/mol. The molecule has 4 heteroatoms. The number of aromatic nitrogens is 3. The second kappa shape index (κ2) is 4.96. The van der Waals surface area contributed by atoms with Gasteiger partial charge in [0.25, 0.3) is 0 Å². The molecule has 0 aliphatic rings. The third-order valence-electron chi connectivity index (χ3n) is 5.89. The van der Waals surface area contributed by atoms with E-state index in [9.17, 15) is 5.26 Å². The number of hydrogen-bond donors (Lipinski definition) is 0. The Labute approximate surface area is 161 Å². The minimum Gasteiger partial charge on any atom is -0.308 e. The third kappa shape index (κ3) is 1.69. The highest BCUT2D eigenvalue weighted by Crippen LogP contribution is 2.44. The van der Waals surface area contributed by atoms with E-state index in [-0.39, 0.29) is 0 Å². The van der Waals surface area contributed by atoms with E-state index in [0.29, 0.717) is 0 Å². The highest BCUT2D eigenvalue weighted by atomic mass is 14.9. The fourth-order valence-corrected chi connectivity index (χ4v) is 4.58. The standard InChI is InChI=1S/C24H16N4/c1-24(2,12-25)16-11-17-21-22(27-13-26-17)15-8-4-6-10-19(15)28-18-9-5-3-7-14(18)20(16)23(21)28/h3-11,13H,1-2H3. The summed E-state index contributed by atoms with van der Waals surface area (Å²) >= 11 is 0. The van der Waals surface area contributed by atoms with Crippen LogP contribution >= 0.6 is 0 Å². The number of fused-ring (bicyclic) bond motifs is 6. The summed E-state index contributed by atoms with van der Waals surface area (Å²) in [5.74, 6) is 0. The van der Waals surface area contributed by atoms with Gasteiger partial charge in [0.2, 0.25) is 0 Å². The van der Waals surface area contributed by atoms with Crippen molar-refractivity contribution >= 4 is 49.1 Å². The number of benzene rings is 3. The maximum atomic E-state index is 9.89. The quantitative estimate of drug-likeness (QED) is 0.284. The molecule has 0 unspecified atom stereocenters. The summed E-state index contributed by atoms with van der Waals surface area (Å²) in [4.78, 5) is 9.24. The molecule has 3 aromatic heterocycles. The Morgan fingerprint density at radius 3 is 2.32 bits per heavy atom. The molecule has 0 saturated carbocycles. The monoisotopic (exact) mass is 360 g/mol. The first kappa shape index (κ1) is 15.4. The normalized spacial score (nSPS) is 12.6. The zero-order valence-corrected chi connectivity index (χ0v) is 15.6. The average Bonchev–Trinajstić information content (AvgIpc) is 3.08. The minimum absolute atomic E-state index is 0.634. The Balaban J connectivity index is 2.10. The molecule has 0 N–H and O–H groups in total. The van der Waals surface area contributed by atoms with E-state index in [1.165, 1.54) is 0 Å². The number of pyridine rings is 1. The Morgan fingerprint density at radius 1 is 0.893 bits per heavy atom. The Hall–Kier alpha value is -3.71. The maximum absolute atomic E-state index is 9.89. The van der Waals surface area contributed by atoms with Gasteiger partial charge in [-0.1, -0.05) is 36.4 Å². The Kier molecular flexibility index (Phi) is 2.72. The van der Waals surface area contributed by atoms with Crippen molar-refractivity contribution in [2.24, 2.45) is 0 Å². The van der Waals surface area contributed by atoms with Gasteiger partial charge in [-0.2, -0.15) is 5.26 Å². The smallest absolute Gasteiger partial charge is 0.116 e. The number of nitrogens with zero attached hydrogens (tertiary/aromatic N) is 4. The summed E-state index contributed by atoms with van der Waals surface area (Å²) in [6, 6.07) is 21.4. The second-order valence-corrected chi connectivity index (χ2v) is 7.87. The lowest BCUT2D eigenvalue weighted by Crippen LogP contribution is -2.14. The molecule has 0 aliphatic carbocycles. The predicted molar refractivity (Wildman–Crippen MR) is 113 cm³/mol. The third-order valence-corrected chi connectivity index (χ3v) is 5.89. The van der Waals surface area contributed by atoms with Crippen LogP contribution in [-0.4, -0.2) is 14.4 Å². The van der Waals surface area contributed by atoms with Gasteiger partial charge in [0.15, 0.2) is 0 Å². The van der Waals surface area contributed by atoms with E-state index >= 15 is 0 Å². The molecule has 3 heterocycles. The van der Waals surface area contributed by atoms with Crippen LogP contribution in [0.25, 0.3) is 49.1 Å². The SMILES string of the molecule is CC(C)(C#N)c1cc2ncnc3c4ccccc4n4c5ccccc5c1c4c23. The van der Waals surface area contributed by atoms with Crippen LogP contribution < -0.4 is 0 Å². The van der Waals surface area contributed by atoms with E-state index < -0.39 is 5.41 Å². The molecule has 4 nitrogen and oxygen atoms in total. The zero-order valence-electron chi connectivity index (χ0n) is 15.6. The molecule has 6 rings (SSSR count). The largest absolute Gasteiger partial charge is 0.308 e. The molecule has 0 amide bonds. The highest BCUT2D eigenvalue weighted by Gasteiger charge is 2.28. The van der Waals surface area contributed by atoms with Crippen molar-refractivity contribution < 1.29 is 0 Å². The Morgan fingerprint density at radius 2 is 1.57 bits per heavy atom. The lowest BCUT2D eigenvalue weighted by molar-refractivity contribution is 0.695. The van der Waals surface area contributed by atoms with Crippen molar-refractivity contribution in [3.8, 4) is 6.07 Å². The maximum Gasteiger partial charge on any atom is 0.116 e. The molecule has 0 aliphatic heterocycles. The van der Waals surface area contributed by atoms with Gasteiger partial charge < -0.3 is 4.40 Å². The van der Waals surface area contributed by atoms with Crippen LogP contribution in [0.3, 0.4) is 0 Å². The van der Waals surface area contributed by atoms with E-state index in [1.807, 2.05) is 19.9 Å². The molecule has 0 bridgehead atoms. The molecule has 132 valence electrons. The van der Waals surface area contributed by atoms with Crippen LogP contribution in [0, 0.1) is 11.3 Å². The first-order chi connectivity index (χ1) is 13.6. The molecule has 0 fully saturated rings. The summed E-state index contributed by atoms with van der Waals surface area (Å²) < 4.78 is 2.32. The molecule has 0 atom stereocenters. The first-order valence-electron chi connectivity index (χ1n) is 9.34. The van der Waals surface area contributed by atoms with E-state index in [1.54, 1.807) is 6.33 Å². The lowest BCUT2D eigenvalue weighted by Gasteiger charge is -2.20. The van der Waals surface area contributed by atoms with Gasteiger partial charge in [0.1, 0.15) is 6.33 Å². The lowest BCUT2D eigenvalue weighted by atomic mass is 9.82. The molecule has 0 radical (unpaired) electrons. The molecule has 3 aromatic carbocycles. The predicted octanol–water partition coefficient (Wildman–Crippen LogP) is 5.58. The molecule has 0 spiro atoms. The fraction of sp³-hybridized carbons (Fsp3) is 0.125. The van der Waals surface area contributed by atoms with Gasteiger partial charge in [-0.15, -0.1) is 0 Å². The molecular formula is C24H16N4. The van der Waals surface area contributed by atoms with Crippen LogP contribution in [0.15, 0.2) is 60.9 Å². The first-order valence-corrected chi connectivity index (χ1v) is 9.34. The number of nitriles is 1. The number of hydrogen-bond acceptors (Lipinski definition) is 3. The van der Waals surface area contributed by atoms with E-state index in [4.69, 9.17) is 0 Å². The second-order valence-electron chi connectivity index (χ2n) is 7.87. The van der Waals surface area contributed by atoms with Crippen molar-refractivity contribution in [3.05, 3.63) is 66.5 Å². The van der Waals surface area contributed by atoms with Crippen molar-refractivity contribution in [1.29, 1.82) is 5.26 Å². The van der Waals surface area contributed by atoms with Gasteiger partial charge in [-0.05, 0) is 37.6 Å². The van der Waals surface area contributed by atoms with Crippen LogP contribution in [0.1, 0.15) is 19.4 Å². The van der Waals surface area contributed by atoms with Gasteiger partial charge in [0.05, 0.1) is 44.5 Å². The van der Waals surface area contributed by atoms with Crippen molar-refractivity contribution in [2.75, 3.05) is 0 Å². The van der Waals surface area contributed by atoms with E-state index in [0.717, 1.165) is 54.7 Å². The number of rotatable bonds is 1. The highest BCUT2D eigenvalue weighted by molar-refractivity contribution is 6.28. The molecule has 28 heavy (non-hydrogen) atoms. The van der Waals surface area contributed by atoms with Crippen LogP contribution in [0.4, 0.5) is 0 Å². The summed E-state index contributed by atoms with van der Waals surface area (Å²) in [6.45, 7) is 3.95. The summed E-state index contributed by atoms with van der Waals surface area (Å²) in [7, 11) is 0. The summed E-state index contributed by atoms with van der Waals surface area (Å²) in [6.07, 6.45) is 1.63. The van der Waals surface area contributed by atoms with Gasteiger partial charge >= 0.3 is 0 Å². The summed E-state index contributed by atoms with van der Waals surface area (Å²) in [5, 5.41) is 14.3. The minimum atomic E-state index is -0.634. The van der Waals surface area contributed by atoms with Crippen molar-refractivity contribution in [2.45, 2.75) is 19.3 Å².